The number of hydrogen-bond donors (Lipinski definition) is 1. The number of amides is 1. The number of aromatic nitrogens is 4. The first-order chi connectivity index (χ1) is 12.7. The van der Waals surface area contributed by atoms with Crippen molar-refractivity contribution in [3.63, 3.8) is 0 Å². The molecule has 1 fully saturated rings. The molecule has 0 spiro atoms. The second-order valence-electron chi connectivity index (χ2n) is 6.70. The van der Waals surface area contributed by atoms with E-state index in [-0.39, 0.29) is 11.6 Å². The number of anilines is 1. The summed E-state index contributed by atoms with van der Waals surface area (Å²) in [5.74, 6) is -0.0633. The van der Waals surface area contributed by atoms with E-state index in [0.717, 1.165) is 30.5 Å². The first kappa shape index (κ1) is 19.2. The van der Waals surface area contributed by atoms with Gasteiger partial charge in [0.1, 0.15) is 11.7 Å². The standard InChI is InChI=1S/C16H21F3N6O2/c1-9-6-4-5-7-25(9)15-21-14(27-23-15)10(2)20-13(26)11-8-12(16(17,18)19)22-24(11)3/h8-10H,4-7H2,1-3H3,(H,20,26)/t9-,10+/m1/s1. The van der Waals surface area contributed by atoms with Gasteiger partial charge in [0.2, 0.25) is 0 Å². The maximum Gasteiger partial charge on any atom is 0.435 e. The largest absolute Gasteiger partial charge is 0.435 e. The van der Waals surface area contributed by atoms with E-state index in [2.05, 4.69) is 27.5 Å². The van der Waals surface area contributed by atoms with Gasteiger partial charge in [-0.25, -0.2) is 0 Å². The van der Waals surface area contributed by atoms with Crippen LogP contribution in [0.4, 0.5) is 19.1 Å². The van der Waals surface area contributed by atoms with Crippen LogP contribution >= 0.6 is 0 Å². The Balaban J connectivity index is 1.70. The minimum atomic E-state index is -4.62. The van der Waals surface area contributed by atoms with Crippen LogP contribution in [-0.4, -0.2) is 38.4 Å². The Labute approximate surface area is 153 Å². The van der Waals surface area contributed by atoms with E-state index in [1.165, 1.54) is 7.05 Å². The van der Waals surface area contributed by atoms with E-state index in [9.17, 15) is 18.0 Å². The van der Waals surface area contributed by atoms with Crippen LogP contribution in [-0.2, 0) is 13.2 Å². The van der Waals surface area contributed by atoms with Crippen molar-refractivity contribution in [2.75, 3.05) is 11.4 Å². The lowest BCUT2D eigenvalue weighted by atomic mass is 10.0. The lowest BCUT2D eigenvalue weighted by Gasteiger charge is -2.31. The van der Waals surface area contributed by atoms with Gasteiger partial charge in [-0.1, -0.05) is 0 Å². The van der Waals surface area contributed by atoms with E-state index in [0.29, 0.717) is 18.1 Å². The third-order valence-corrected chi connectivity index (χ3v) is 4.61. The fourth-order valence-electron chi connectivity index (χ4n) is 3.07. The summed E-state index contributed by atoms with van der Waals surface area (Å²) in [5, 5.41) is 9.86. The third kappa shape index (κ3) is 4.06. The van der Waals surface area contributed by atoms with Crippen LogP contribution in [0.15, 0.2) is 10.6 Å². The quantitative estimate of drug-likeness (QED) is 0.869. The Morgan fingerprint density at radius 1 is 1.41 bits per heavy atom. The summed E-state index contributed by atoms with van der Waals surface area (Å²) in [6.07, 6.45) is -1.38. The predicted octanol–water partition coefficient (Wildman–Crippen LogP) is 2.69. The summed E-state index contributed by atoms with van der Waals surface area (Å²) < 4.78 is 44.3. The Morgan fingerprint density at radius 3 is 2.78 bits per heavy atom. The number of rotatable bonds is 4. The van der Waals surface area contributed by atoms with E-state index in [1.54, 1.807) is 6.92 Å². The average Bonchev–Trinajstić information content (AvgIpc) is 3.21. The second-order valence-corrected chi connectivity index (χ2v) is 6.70. The molecule has 1 aliphatic rings. The van der Waals surface area contributed by atoms with Crippen LogP contribution < -0.4 is 10.2 Å². The molecule has 2 atom stereocenters. The van der Waals surface area contributed by atoms with Gasteiger partial charge in [0.15, 0.2) is 5.69 Å². The lowest BCUT2D eigenvalue weighted by molar-refractivity contribution is -0.141. The number of aryl methyl sites for hydroxylation is 1. The van der Waals surface area contributed by atoms with Gasteiger partial charge >= 0.3 is 6.18 Å². The Morgan fingerprint density at radius 2 is 2.15 bits per heavy atom. The molecular formula is C16H21F3N6O2. The smallest absolute Gasteiger partial charge is 0.339 e. The fraction of sp³-hybridized carbons (Fsp3) is 0.625. The van der Waals surface area contributed by atoms with Gasteiger partial charge < -0.3 is 14.7 Å². The number of carbonyl (C=O) groups is 1. The van der Waals surface area contributed by atoms with E-state index >= 15 is 0 Å². The zero-order valence-corrected chi connectivity index (χ0v) is 15.2. The zero-order chi connectivity index (χ0) is 19.8. The van der Waals surface area contributed by atoms with Gasteiger partial charge in [0.05, 0.1) is 0 Å². The maximum atomic E-state index is 12.7. The highest BCUT2D eigenvalue weighted by molar-refractivity contribution is 5.92. The first-order valence-electron chi connectivity index (χ1n) is 8.69. The molecule has 0 aliphatic carbocycles. The summed E-state index contributed by atoms with van der Waals surface area (Å²) in [4.78, 5) is 18.7. The maximum absolute atomic E-state index is 12.7. The summed E-state index contributed by atoms with van der Waals surface area (Å²) in [6.45, 7) is 4.53. The van der Waals surface area contributed by atoms with E-state index in [4.69, 9.17) is 4.52 Å². The molecule has 1 N–H and O–H groups in total. The second kappa shape index (κ2) is 7.20. The molecule has 1 aliphatic heterocycles. The zero-order valence-electron chi connectivity index (χ0n) is 15.2. The molecule has 0 saturated carbocycles. The molecular weight excluding hydrogens is 365 g/mol. The summed E-state index contributed by atoms with van der Waals surface area (Å²) >= 11 is 0. The minimum Gasteiger partial charge on any atom is -0.339 e. The molecule has 3 rings (SSSR count). The highest BCUT2D eigenvalue weighted by Crippen LogP contribution is 2.28. The molecule has 2 aromatic heterocycles. The monoisotopic (exact) mass is 386 g/mol. The Hall–Kier alpha value is -2.59. The molecule has 1 amide bonds. The lowest BCUT2D eigenvalue weighted by Crippen LogP contribution is -2.38. The number of nitrogens with one attached hydrogen (secondary N) is 1. The van der Waals surface area contributed by atoms with Crippen molar-refractivity contribution >= 4 is 11.9 Å². The Kier molecular flexibility index (Phi) is 5.11. The number of halogens is 3. The van der Waals surface area contributed by atoms with Gasteiger partial charge in [-0.15, -0.1) is 0 Å². The Bertz CT molecular complexity index is 815. The molecule has 3 heterocycles. The van der Waals surface area contributed by atoms with Gasteiger partial charge in [-0.3, -0.25) is 9.48 Å². The van der Waals surface area contributed by atoms with Crippen molar-refractivity contribution in [1.29, 1.82) is 0 Å². The third-order valence-electron chi connectivity index (χ3n) is 4.61. The van der Waals surface area contributed by atoms with Crippen molar-refractivity contribution in [1.82, 2.24) is 25.2 Å². The highest BCUT2D eigenvalue weighted by atomic mass is 19.4. The van der Waals surface area contributed by atoms with E-state index < -0.39 is 23.8 Å². The first-order valence-corrected chi connectivity index (χ1v) is 8.69. The fourth-order valence-corrected chi connectivity index (χ4v) is 3.07. The van der Waals surface area contributed by atoms with Crippen molar-refractivity contribution in [3.8, 4) is 0 Å². The normalized spacial score (nSPS) is 19.2. The minimum absolute atomic E-state index is 0.189. The van der Waals surface area contributed by atoms with Gasteiger partial charge in [-0.2, -0.15) is 23.3 Å². The van der Waals surface area contributed by atoms with Crippen LogP contribution in [0.1, 0.15) is 61.2 Å². The molecule has 148 valence electrons. The topological polar surface area (TPSA) is 89.1 Å². The average molecular weight is 386 g/mol. The van der Waals surface area contributed by atoms with Gasteiger partial charge in [-0.05, 0) is 38.3 Å². The number of piperidine rings is 1. The molecule has 0 unspecified atom stereocenters. The number of nitrogens with zero attached hydrogens (tertiary/aromatic N) is 5. The molecule has 27 heavy (non-hydrogen) atoms. The molecule has 1 saturated heterocycles. The molecule has 2 aromatic rings. The molecule has 11 heteroatoms. The SMILES string of the molecule is C[C@H](NC(=O)c1cc(C(F)(F)F)nn1C)c1nc(N2CCCC[C@H]2C)no1. The summed E-state index contributed by atoms with van der Waals surface area (Å²) in [6, 6.07) is 0.337. The summed E-state index contributed by atoms with van der Waals surface area (Å²) in [7, 11) is 1.28. The van der Waals surface area contributed by atoms with Gasteiger partial charge in [0, 0.05) is 25.7 Å². The van der Waals surface area contributed by atoms with E-state index in [1.807, 2.05) is 4.90 Å². The van der Waals surface area contributed by atoms with Crippen LogP contribution in [0.2, 0.25) is 0 Å². The summed E-state index contributed by atoms with van der Waals surface area (Å²) in [5.41, 5.74) is -1.33. The number of hydrogen-bond acceptors (Lipinski definition) is 6. The van der Waals surface area contributed by atoms with Crippen molar-refractivity contribution in [2.45, 2.75) is 51.4 Å². The molecule has 0 aromatic carbocycles. The molecule has 8 nitrogen and oxygen atoms in total. The van der Waals surface area contributed by atoms with Crippen LogP contribution in [0, 0.1) is 0 Å². The van der Waals surface area contributed by atoms with Crippen LogP contribution in [0.5, 0.6) is 0 Å². The van der Waals surface area contributed by atoms with Crippen molar-refractivity contribution < 1.29 is 22.5 Å². The van der Waals surface area contributed by atoms with Crippen molar-refractivity contribution in [3.05, 3.63) is 23.3 Å². The molecule has 0 radical (unpaired) electrons. The molecule has 0 bridgehead atoms. The predicted molar refractivity (Wildman–Crippen MR) is 89.0 cm³/mol. The van der Waals surface area contributed by atoms with Crippen molar-refractivity contribution in [2.24, 2.45) is 7.05 Å². The number of carbonyl (C=O) groups excluding carboxylic acids is 1. The highest BCUT2D eigenvalue weighted by Gasteiger charge is 2.35. The van der Waals surface area contributed by atoms with Gasteiger partial charge in [0.25, 0.3) is 17.7 Å². The van der Waals surface area contributed by atoms with Crippen LogP contribution in [0.3, 0.4) is 0 Å². The van der Waals surface area contributed by atoms with Crippen LogP contribution in [0.25, 0.3) is 0 Å². The number of alkyl halides is 3.